The highest BCUT2D eigenvalue weighted by Crippen LogP contribution is 2.40. The van der Waals surface area contributed by atoms with Crippen LogP contribution >= 0.6 is 11.3 Å². The maximum Gasteiger partial charge on any atom is 0.573 e. The molecule has 146 valence electrons. The lowest BCUT2D eigenvalue weighted by Gasteiger charge is -2.34. The van der Waals surface area contributed by atoms with Crippen LogP contribution in [-0.4, -0.2) is 30.8 Å². The van der Waals surface area contributed by atoms with E-state index in [1.807, 2.05) is 24.3 Å². The zero-order chi connectivity index (χ0) is 19.9. The maximum absolute atomic E-state index is 12.4. The Labute approximate surface area is 160 Å². The zero-order valence-corrected chi connectivity index (χ0v) is 15.1. The molecule has 0 spiro atoms. The SMILES string of the molecule is CN1c2ccccc2NC1(Nc1nc2ccc(OC(F)(F)F)cc2s1)OC=O. The van der Waals surface area contributed by atoms with E-state index in [1.54, 1.807) is 11.9 Å². The first kappa shape index (κ1) is 18.2. The van der Waals surface area contributed by atoms with Crippen molar-refractivity contribution in [1.29, 1.82) is 0 Å². The number of carbonyl (C=O) groups excluding carboxylic acids is 1. The summed E-state index contributed by atoms with van der Waals surface area (Å²) in [6.45, 7) is 0.297. The molecule has 1 aliphatic rings. The molecule has 1 aliphatic heterocycles. The van der Waals surface area contributed by atoms with Crippen LogP contribution in [0.4, 0.5) is 29.7 Å². The molecule has 1 unspecified atom stereocenters. The molecule has 4 rings (SSSR count). The van der Waals surface area contributed by atoms with Crippen LogP contribution in [0.1, 0.15) is 0 Å². The van der Waals surface area contributed by atoms with Gasteiger partial charge in [-0.1, -0.05) is 23.5 Å². The number of hydrogen-bond acceptors (Lipinski definition) is 8. The van der Waals surface area contributed by atoms with Crippen LogP contribution in [0.3, 0.4) is 0 Å². The number of rotatable bonds is 5. The minimum absolute atomic E-state index is 0.297. The lowest BCUT2D eigenvalue weighted by molar-refractivity contribution is -0.274. The van der Waals surface area contributed by atoms with Gasteiger partial charge in [-0.2, -0.15) is 0 Å². The second-order valence-electron chi connectivity index (χ2n) is 5.88. The molecule has 0 bridgehead atoms. The van der Waals surface area contributed by atoms with E-state index in [9.17, 15) is 18.0 Å². The van der Waals surface area contributed by atoms with E-state index in [4.69, 9.17) is 4.74 Å². The van der Waals surface area contributed by atoms with Crippen LogP contribution in [0.5, 0.6) is 5.75 Å². The number of para-hydroxylation sites is 2. The lowest BCUT2D eigenvalue weighted by atomic mass is 10.3. The maximum atomic E-state index is 12.4. The summed E-state index contributed by atoms with van der Waals surface area (Å²) >= 11 is 1.10. The summed E-state index contributed by atoms with van der Waals surface area (Å²) in [5.41, 5.74) is 2.00. The van der Waals surface area contributed by atoms with Crippen LogP contribution in [-0.2, 0) is 9.53 Å². The van der Waals surface area contributed by atoms with Crippen molar-refractivity contribution in [2.45, 2.75) is 12.3 Å². The Bertz CT molecular complexity index is 1040. The number of alkyl halides is 3. The molecule has 2 aromatic carbocycles. The number of anilines is 3. The fourth-order valence-electron chi connectivity index (χ4n) is 2.93. The Morgan fingerprint density at radius 2 is 2.07 bits per heavy atom. The molecule has 28 heavy (non-hydrogen) atoms. The molecular weight excluding hydrogens is 397 g/mol. The van der Waals surface area contributed by atoms with E-state index < -0.39 is 12.3 Å². The van der Waals surface area contributed by atoms with Crippen molar-refractivity contribution in [3.63, 3.8) is 0 Å². The number of hydrogen-bond donors (Lipinski definition) is 2. The quantitative estimate of drug-likeness (QED) is 0.487. The van der Waals surface area contributed by atoms with Crippen molar-refractivity contribution < 1.29 is 27.4 Å². The molecule has 1 aromatic heterocycles. The average Bonchev–Trinajstić information content (AvgIpc) is 3.13. The highest BCUT2D eigenvalue weighted by atomic mass is 32.1. The molecule has 0 saturated heterocycles. The Kier molecular flexibility index (Phi) is 4.18. The van der Waals surface area contributed by atoms with Crippen molar-refractivity contribution in [3.8, 4) is 5.75 Å². The average molecular weight is 410 g/mol. The van der Waals surface area contributed by atoms with Gasteiger partial charge in [0.25, 0.3) is 6.47 Å². The van der Waals surface area contributed by atoms with E-state index in [1.165, 1.54) is 18.2 Å². The monoisotopic (exact) mass is 410 g/mol. The standard InChI is InChI=1S/C17H13F3N4O3S/c1-24-13-5-3-2-4-11(13)22-17(24,26-9-25)23-15-21-12-7-6-10(8-14(12)28-15)27-16(18,19)20/h2-9,22H,1H3,(H,21,23). The van der Waals surface area contributed by atoms with Gasteiger partial charge in [-0.15, -0.1) is 13.2 Å². The second-order valence-corrected chi connectivity index (χ2v) is 6.91. The number of aromatic nitrogens is 1. The van der Waals surface area contributed by atoms with E-state index >= 15 is 0 Å². The smallest absolute Gasteiger partial charge is 0.406 e. The molecule has 2 N–H and O–H groups in total. The molecule has 3 aromatic rings. The van der Waals surface area contributed by atoms with Crippen molar-refractivity contribution in [3.05, 3.63) is 42.5 Å². The van der Waals surface area contributed by atoms with Gasteiger partial charge in [0.1, 0.15) is 5.75 Å². The predicted octanol–water partition coefficient (Wildman–Crippen LogP) is 3.95. The summed E-state index contributed by atoms with van der Waals surface area (Å²) < 4.78 is 46.9. The molecule has 0 aliphatic carbocycles. The van der Waals surface area contributed by atoms with Gasteiger partial charge in [0.2, 0.25) is 0 Å². The number of nitrogens with one attached hydrogen (secondary N) is 2. The number of benzene rings is 2. The third kappa shape index (κ3) is 3.24. The number of halogens is 3. The van der Waals surface area contributed by atoms with E-state index in [2.05, 4.69) is 20.4 Å². The second kappa shape index (κ2) is 6.44. The summed E-state index contributed by atoms with van der Waals surface area (Å²) in [5.74, 6) is -1.76. The Morgan fingerprint density at radius 1 is 1.29 bits per heavy atom. The molecule has 0 saturated carbocycles. The van der Waals surface area contributed by atoms with Gasteiger partial charge in [0.15, 0.2) is 5.13 Å². The third-order valence-electron chi connectivity index (χ3n) is 4.13. The number of nitrogens with zero attached hydrogens (tertiary/aromatic N) is 2. The first-order chi connectivity index (χ1) is 13.3. The van der Waals surface area contributed by atoms with Gasteiger partial charge in [0.05, 0.1) is 21.6 Å². The molecule has 1 atom stereocenters. The Hall–Kier alpha value is -3.21. The molecule has 2 heterocycles. The molecule has 0 radical (unpaired) electrons. The minimum atomic E-state index is -4.77. The Morgan fingerprint density at radius 3 is 2.79 bits per heavy atom. The van der Waals surface area contributed by atoms with Gasteiger partial charge < -0.3 is 14.8 Å². The molecule has 0 amide bonds. The summed E-state index contributed by atoms with van der Waals surface area (Å²) in [5, 5.41) is 6.44. The highest BCUT2D eigenvalue weighted by Gasteiger charge is 2.45. The zero-order valence-electron chi connectivity index (χ0n) is 14.3. The van der Waals surface area contributed by atoms with Crippen molar-refractivity contribution in [2.75, 3.05) is 22.6 Å². The van der Waals surface area contributed by atoms with Crippen LogP contribution in [0.15, 0.2) is 42.5 Å². The van der Waals surface area contributed by atoms with Gasteiger partial charge in [0, 0.05) is 13.1 Å². The fraction of sp³-hybridized carbons (Fsp3) is 0.176. The predicted molar refractivity (Wildman–Crippen MR) is 98.3 cm³/mol. The number of fused-ring (bicyclic) bond motifs is 2. The first-order valence-corrected chi connectivity index (χ1v) is 8.78. The molecule has 11 heteroatoms. The van der Waals surface area contributed by atoms with Gasteiger partial charge in [-0.25, -0.2) is 4.98 Å². The van der Waals surface area contributed by atoms with Crippen LogP contribution in [0, 0.1) is 0 Å². The number of ether oxygens (including phenoxy) is 2. The van der Waals surface area contributed by atoms with Gasteiger partial charge >= 0.3 is 12.3 Å². The number of thiazole rings is 1. The summed E-state index contributed by atoms with van der Waals surface area (Å²) in [4.78, 5) is 17.2. The van der Waals surface area contributed by atoms with Crippen molar-refractivity contribution in [1.82, 2.24) is 4.98 Å². The minimum Gasteiger partial charge on any atom is -0.406 e. The summed E-state index contributed by atoms with van der Waals surface area (Å²) in [7, 11) is 1.72. The Balaban J connectivity index is 1.65. The van der Waals surface area contributed by atoms with Crippen LogP contribution < -0.4 is 20.3 Å². The van der Waals surface area contributed by atoms with Crippen molar-refractivity contribution in [2.24, 2.45) is 0 Å². The normalized spacial score (nSPS) is 18.5. The van der Waals surface area contributed by atoms with Gasteiger partial charge in [-0.3, -0.25) is 15.0 Å². The van der Waals surface area contributed by atoms with Crippen molar-refractivity contribution >= 4 is 44.5 Å². The van der Waals surface area contributed by atoms with Gasteiger partial charge in [-0.05, 0) is 24.3 Å². The fourth-order valence-corrected chi connectivity index (χ4v) is 3.87. The van der Waals surface area contributed by atoms with Crippen LogP contribution in [0.2, 0.25) is 0 Å². The topological polar surface area (TPSA) is 75.7 Å². The highest BCUT2D eigenvalue weighted by molar-refractivity contribution is 7.22. The van der Waals surface area contributed by atoms with E-state index in [-0.39, 0.29) is 5.75 Å². The van der Waals surface area contributed by atoms with E-state index in [0.717, 1.165) is 22.7 Å². The van der Waals surface area contributed by atoms with E-state index in [0.29, 0.717) is 21.8 Å². The number of carbonyl (C=O) groups is 1. The first-order valence-electron chi connectivity index (χ1n) is 7.97. The molecule has 7 nitrogen and oxygen atoms in total. The summed E-state index contributed by atoms with van der Waals surface area (Å²) in [6.07, 6.45) is -4.77. The molecular formula is C17H13F3N4O3S. The van der Waals surface area contributed by atoms with Crippen LogP contribution in [0.25, 0.3) is 10.2 Å². The summed E-state index contributed by atoms with van der Waals surface area (Å²) in [6, 6.07) is 11.2. The molecule has 0 fully saturated rings. The largest absolute Gasteiger partial charge is 0.573 e. The lowest BCUT2D eigenvalue weighted by Crippen LogP contribution is -2.57. The third-order valence-corrected chi connectivity index (χ3v) is 5.06.